The molecule has 2 aromatic rings. The monoisotopic (exact) mass is 415 g/mol. The molecule has 0 spiro atoms. The minimum atomic E-state index is -0.791. The fourth-order valence-electron chi connectivity index (χ4n) is 4.77. The van der Waals surface area contributed by atoms with Gasteiger partial charge in [-0.1, -0.05) is 6.07 Å². The molecule has 4 rings (SSSR count). The molecule has 2 atom stereocenters. The van der Waals surface area contributed by atoms with Gasteiger partial charge >= 0.3 is 5.97 Å². The van der Waals surface area contributed by atoms with E-state index in [1.807, 2.05) is 23.1 Å². The second-order valence-corrected chi connectivity index (χ2v) is 8.32. The van der Waals surface area contributed by atoms with Gasteiger partial charge in [0.05, 0.1) is 12.6 Å². The van der Waals surface area contributed by atoms with Crippen LogP contribution in [0.1, 0.15) is 31.5 Å². The average Bonchev–Trinajstić information content (AvgIpc) is 3.17. The molecule has 0 bridgehead atoms. The predicted octanol–water partition coefficient (Wildman–Crippen LogP) is 2.48. The van der Waals surface area contributed by atoms with Crippen molar-refractivity contribution < 1.29 is 24.2 Å². The van der Waals surface area contributed by atoms with Crippen LogP contribution in [0, 0.1) is 17.8 Å². The Bertz CT molecular complexity index is 905. The number of carbonyl (C=O) groups is 2. The lowest BCUT2D eigenvalue weighted by Gasteiger charge is -2.40. The van der Waals surface area contributed by atoms with Crippen LogP contribution in [0.15, 0.2) is 18.2 Å². The summed E-state index contributed by atoms with van der Waals surface area (Å²) in [6.07, 6.45) is 2.96. The molecular weight excluding hydrogens is 386 g/mol. The van der Waals surface area contributed by atoms with Gasteiger partial charge in [0.2, 0.25) is 5.91 Å². The van der Waals surface area contributed by atoms with Crippen molar-refractivity contribution in [2.75, 3.05) is 33.4 Å². The number of aliphatic carboxylic acids is 1. The van der Waals surface area contributed by atoms with Crippen molar-refractivity contribution in [3.05, 3.63) is 24.0 Å². The normalized spacial score (nSPS) is 22.9. The van der Waals surface area contributed by atoms with Crippen molar-refractivity contribution in [1.29, 1.82) is 0 Å². The van der Waals surface area contributed by atoms with Crippen molar-refractivity contribution in [2.45, 2.75) is 32.1 Å². The lowest BCUT2D eigenvalue weighted by molar-refractivity contribution is -0.142. The molecule has 2 aliphatic heterocycles. The second kappa shape index (κ2) is 9.04. The molecule has 0 saturated carbocycles. The van der Waals surface area contributed by atoms with Crippen molar-refractivity contribution in [2.24, 2.45) is 17.8 Å². The quantitative estimate of drug-likeness (QED) is 0.751. The molecule has 0 radical (unpaired) electrons. The van der Waals surface area contributed by atoms with E-state index in [-0.39, 0.29) is 30.1 Å². The molecule has 3 heterocycles. The van der Waals surface area contributed by atoms with E-state index in [1.54, 1.807) is 7.11 Å². The van der Waals surface area contributed by atoms with Crippen molar-refractivity contribution in [3.63, 3.8) is 0 Å². The highest BCUT2D eigenvalue weighted by Crippen LogP contribution is 2.32. The number of aromatic nitrogens is 2. The third kappa shape index (κ3) is 4.43. The molecule has 2 fully saturated rings. The minimum absolute atomic E-state index is 0.0193. The van der Waals surface area contributed by atoms with Crippen molar-refractivity contribution in [1.82, 2.24) is 14.9 Å². The van der Waals surface area contributed by atoms with Gasteiger partial charge in [0.25, 0.3) is 0 Å². The first-order chi connectivity index (χ1) is 14.5. The van der Waals surface area contributed by atoms with Crippen molar-refractivity contribution in [3.8, 4) is 5.75 Å². The molecule has 8 heteroatoms. The SMILES string of the molecule is COc1cccc2[nH]c(CC3CN(C(=O)C4CCOCC4)CCC3CC(=O)O)nc12. The van der Waals surface area contributed by atoms with E-state index in [0.29, 0.717) is 44.9 Å². The molecule has 1 amide bonds. The Labute approximate surface area is 175 Å². The first kappa shape index (κ1) is 20.7. The minimum Gasteiger partial charge on any atom is -0.494 e. The number of hydrogen-bond donors (Lipinski definition) is 2. The van der Waals surface area contributed by atoms with Crippen LogP contribution in [0.2, 0.25) is 0 Å². The Balaban J connectivity index is 1.52. The van der Waals surface area contributed by atoms with Crippen LogP contribution in [0.25, 0.3) is 11.0 Å². The number of nitrogens with one attached hydrogen (secondary N) is 1. The fourth-order valence-corrected chi connectivity index (χ4v) is 4.77. The lowest BCUT2D eigenvalue weighted by Crippen LogP contribution is -2.48. The van der Waals surface area contributed by atoms with Gasteiger partial charge in [-0.3, -0.25) is 9.59 Å². The summed E-state index contributed by atoms with van der Waals surface area (Å²) in [7, 11) is 1.62. The van der Waals surface area contributed by atoms with Gasteiger partial charge in [0.1, 0.15) is 17.1 Å². The second-order valence-electron chi connectivity index (χ2n) is 8.32. The molecule has 2 unspecified atom stereocenters. The standard InChI is InChI=1S/C22H29N3O5/c1-29-18-4-2-3-17-21(18)24-19(23-17)11-16-13-25(8-5-15(16)12-20(26)27)22(28)14-6-9-30-10-7-14/h2-4,14-16H,5-13H2,1H3,(H,23,24)(H,26,27). The molecule has 8 nitrogen and oxygen atoms in total. The highest BCUT2D eigenvalue weighted by Gasteiger charge is 2.36. The van der Waals surface area contributed by atoms with Gasteiger partial charge in [-0.05, 0) is 43.2 Å². The van der Waals surface area contributed by atoms with Crippen LogP contribution in [0.5, 0.6) is 5.75 Å². The number of rotatable bonds is 6. The van der Waals surface area contributed by atoms with Crippen LogP contribution >= 0.6 is 0 Å². The number of carboxylic acids is 1. The summed E-state index contributed by atoms with van der Waals surface area (Å²) < 4.78 is 10.8. The maximum atomic E-state index is 13.0. The molecule has 30 heavy (non-hydrogen) atoms. The number of hydrogen-bond acceptors (Lipinski definition) is 5. The smallest absolute Gasteiger partial charge is 0.303 e. The maximum Gasteiger partial charge on any atom is 0.303 e. The molecule has 0 aliphatic carbocycles. The molecule has 2 saturated heterocycles. The number of methoxy groups -OCH3 is 1. The Hall–Kier alpha value is -2.61. The Morgan fingerprint density at radius 2 is 2.07 bits per heavy atom. The van der Waals surface area contributed by atoms with E-state index in [4.69, 9.17) is 14.5 Å². The summed E-state index contributed by atoms with van der Waals surface area (Å²) in [4.78, 5) is 34.4. The number of H-pyrrole nitrogens is 1. The molecule has 1 aromatic heterocycles. The number of para-hydroxylation sites is 1. The van der Waals surface area contributed by atoms with Gasteiger partial charge in [-0.2, -0.15) is 0 Å². The third-order valence-electron chi connectivity index (χ3n) is 6.41. The van der Waals surface area contributed by atoms with Crippen molar-refractivity contribution >= 4 is 22.9 Å². The number of fused-ring (bicyclic) bond motifs is 1. The van der Waals surface area contributed by atoms with Crippen LogP contribution in [0.3, 0.4) is 0 Å². The van der Waals surface area contributed by atoms with Gasteiger partial charge < -0.3 is 24.5 Å². The predicted molar refractivity (Wildman–Crippen MR) is 110 cm³/mol. The highest BCUT2D eigenvalue weighted by molar-refractivity contribution is 5.81. The highest BCUT2D eigenvalue weighted by atomic mass is 16.5. The Morgan fingerprint density at radius 1 is 1.27 bits per heavy atom. The van der Waals surface area contributed by atoms with Crippen LogP contribution in [-0.2, 0) is 20.7 Å². The van der Waals surface area contributed by atoms with Crippen LogP contribution in [0.4, 0.5) is 0 Å². The summed E-state index contributed by atoms with van der Waals surface area (Å²) in [6, 6.07) is 5.73. The first-order valence-corrected chi connectivity index (χ1v) is 10.6. The van der Waals surface area contributed by atoms with E-state index in [1.165, 1.54) is 0 Å². The van der Waals surface area contributed by atoms with Gasteiger partial charge in [0.15, 0.2) is 0 Å². The van der Waals surface area contributed by atoms with E-state index in [2.05, 4.69) is 4.98 Å². The van der Waals surface area contributed by atoms with Gasteiger partial charge in [-0.25, -0.2) is 4.98 Å². The largest absolute Gasteiger partial charge is 0.494 e. The number of amides is 1. The Kier molecular flexibility index (Phi) is 6.22. The zero-order valence-electron chi connectivity index (χ0n) is 17.3. The number of imidazole rings is 1. The Morgan fingerprint density at radius 3 is 2.80 bits per heavy atom. The summed E-state index contributed by atoms with van der Waals surface area (Å²) >= 11 is 0. The molecule has 1 aromatic carbocycles. The molecular formula is C22H29N3O5. The number of aromatic amines is 1. The topological polar surface area (TPSA) is 105 Å². The third-order valence-corrected chi connectivity index (χ3v) is 6.41. The summed E-state index contributed by atoms with van der Waals surface area (Å²) in [5.74, 6) is 0.989. The first-order valence-electron chi connectivity index (χ1n) is 10.6. The maximum absolute atomic E-state index is 13.0. The number of ether oxygens (including phenoxy) is 2. The van der Waals surface area contributed by atoms with Crippen LogP contribution in [-0.4, -0.2) is 65.3 Å². The number of carboxylic acid groups (broad SMARTS) is 1. The van der Waals surface area contributed by atoms with Gasteiger partial charge in [0, 0.05) is 45.1 Å². The van der Waals surface area contributed by atoms with E-state index >= 15 is 0 Å². The van der Waals surface area contributed by atoms with E-state index in [9.17, 15) is 14.7 Å². The number of piperidine rings is 1. The molecule has 2 N–H and O–H groups in total. The van der Waals surface area contributed by atoms with E-state index in [0.717, 1.165) is 29.7 Å². The number of likely N-dealkylation sites (tertiary alicyclic amines) is 1. The summed E-state index contributed by atoms with van der Waals surface area (Å²) in [6.45, 7) is 2.47. The van der Waals surface area contributed by atoms with Crippen LogP contribution < -0.4 is 4.74 Å². The molecule has 2 aliphatic rings. The molecule has 162 valence electrons. The number of nitrogens with zero attached hydrogens (tertiary/aromatic N) is 2. The zero-order chi connectivity index (χ0) is 21.1. The summed E-state index contributed by atoms with van der Waals surface area (Å²) in [5.41, 5.74) is 1.67. The fraction of sp³-hybridized carbons (Fsp3) is 0.591. The zero-order valence-corrected chi connectivity index (χ0v) is 17.3. The van der Waals surface area contributed by atoms with Gasteiger partial charge in [-0.15, -0.1) is 0 Å². The average molecular weight is 415 g/mol. The lowest BCUT2D eigenvalue weighted by atomic mass is 9.80. The summed E-state index contributed by atoms with van der Waals surface area (Å²) in [5, 5.41) is 9.38. The number of carbonyl (C=O) groups excluding carboxylic acids is 1. The number of benzene rings is 1. The van der Waals surface area contributed by atoms with E-state index < -0.39 is 5.97 Å².